The molecular formula is C13H17NO4. The number of carboxylic acids is 1. The first-order valence-corrected chi connectivity index (χ1v) is 5.52. The number of hydrogen-bond acceptors (Lipinski definition) is 4. The quantitative estimate of drug-likeness (QED) is 0.485. The first-order chi connectivity index (χ1) is 8.20. The standard InChI is InChI=1S/C13H17NO4/c1-13(2,3)18-12(17)10(11(15)16)8-4-6-9(14)7-5-8/h4-7,10H,14H2,1-3H3,(H,15,16)/t10-/m1/s1. The van der Waals surface area contributed by atoms with E-state index >= 15 is 0 Å². The lowest BCUT2D eigenvalue weighted by molar-refractivity contribution is -0.162. The molecule has 5 heteroatoms. The summed E-state index contributed by atoms with van der Waals surface area (Å²) in [5, 5.41) is 9.13. The van der Waals surface area contributed by atoms with Gasteiger partial charge < -0.3 is 15.6 Å². The Balaban J connectivity index is 3.00. The van der Waals surface area contributed by atoms with Gasteiger partial charge in [-0.2, -0.15) is 0 Å². The molecule has 0 aliphatic heterocycles. The van der Waals surface area contributed by atoms with Crippen molar-refractivity contribution in [3.63, 3.8) is 0 Å². The third-order valence-electron chi connectivity index (χ3n) is 2.16. The van der Waals surface area contributed by atoms with Gasteiger partial charge >= 0.3 is 11.9 Å². The molecule has 0 aliphatic rings. The third-order valence-corrected chi connectivity index (χ3v) is 2.16. The van der Waals surface area contributed by atoms with Crippen LogP contribution in [-0.2, 0) is 14.3 Å². The van der Waals surface area contributed by atoms with E-state index in [1.54, 1.807) is 32.9 Å². The minimum Gasteiger partial charge on any atom is -0.480 e. The number of benzene rings is 1. The van der Waals surface area contributed by atoms with Crippen molar-refractivity contribution in [1.29, 1.82) is 0 Å². The summed E-state index contributed by atoms with van der Waals surface area (Å²) in [5.41, 5.74) is 5.65. The molecule has 0 amide bonds. The normalized spacial score (nSPS) is 12.8. The van der Waals surface area contributed by atoms with Crippen LogP contribution in [0.3, 0.4) is 0 Å². The van der Waals surface area contributed by atoms with Gasteiger partial charge in [-0.1, -0.05) is 12.1 Å². The largest absolute Gasteiger partial charge is 0.480 e. The molecule has 0 saturated carbocycles. The van der Waals surface area contributed by atoms with Crippen LogP contribution in [0.15, 0.2) is 24.3 Å². The van der Waals surface area contributed by atoms with Crippen molar-refractivity contribution in [3.05, 3.63) is 29.8 Å². The summed E-state index contributed by atoms with van der Waals surface area (Å²) in [6.45, 7) is 5.06. The topological polar surface area (TPSA) is 89.6 Å². The average molecular weight is 251 g/mol. The molecule has 1 aromatic carbocycles. The van der Waals surface area contributed by atoms with Gasteiger partial charge in [0.05, 0.1) is 0 Å². The van der Waals surface area contributed by atoms with E-state index in [1.165, 1.54) is 12.1 Å². The Morgan fingerprint density at radius 3 is 2.11 bits per heavy atom. The molecule has 3 N–H and O–H groups in total. The van der Waals surface area contributed by atoms with Gasteiger partial charge in [0.1, 0.15) is 5.60 Å². The van der Waals surface area contributed by atoms with Crippen molar-refractivity contribution < 1.29 is 19.4 Å². The predicted octanol–water partition coefficient (Wildman–Crippen LogP) is 1.78. The van der Waals surface area contributed by atoms with E-state index in [0.29, 0.717) is 11.3 Å². The molecule has 0 saturated heterocycles. The molecule has 0 unspecified atom stereocenters. The number of hydrogen-bond donors (Lipinski definition) is 2. The van der Waals surface area contributed by atoms with Crippen LogP contribution in [0.4, 0.5) is 5.69 Å². The van der Waals surface area contributed by atoms with Crippen LogP contribution in [0, 0.1) is 0 Å². The molecule has 0 spiro atoms. The maximum absolute atomic E-state index is 11.9. The van der Waals surface area contributed by atoms with Crippen LogP contribution in [0.2, 0.25) is 0 Å². The Labute approximate surface area is 106 Å². The Morgan fingerprint density at radius 2 is 1.72 bits per heavy atom. The van der Waals surface area contributed by atoms with Crippen molar-refractivity contribution in [3.8, 4) is 0 Å². The molecule has 0 heterocycles. The maximum atomic E-state index is 11.9. The number of anilines is 1. The van der Waals surface area contributed by atoms with E-state index in [1.807, 2.05) is 0 Å². The Hall–Kier alpha value is -2.04. The first-order valence-electron chi connectivity index (χ1n) is 5.52. The fraction of sp³-hybridized carbons (Fsp3) is 0.385. The van der Waals surface area contributed by atoms with Gasteiger partial charge in [-0.25, -0.2) is 0 Å². The molecule has 1 atom stereocenters. The minimum absolute atomic E-state index is 0.353. The van der Waals surface area contributed by atoms with Crippen LogP contribution in [0.25, 0.3) is 0 Å². The van der Waals surface area contributed by atoms with E-state index < -0.39 is 23.5 Å². The van der Waals surface area contributed by atoms with Gasteiger partial charge in [0.25, 0.3) is 0 Å². The van der Waals surface area contributed by atoms with Crippen LogP contribution >= 0.6 is 0 Å². The van der Waals surface area contributed by atoms with Gasteiger partial charge in [0.15, 0.2) is 5.92 Å². The lowest BCUT2D eigenvalue weighted by atomic mass is 9.99. The number of nitrogen functional groups attached to an aromatic ring is 1. The molecular weight excluding hydrogens is 234 g/mol. The highest BCUT2D eigenvalue weighted by molar-refractivity contribution is 6.00. The summed E-state index contributed by atoms with van der Waals surface area (Å²) in [6, 6.07) is 6.13. The smallest absolute Gasteiger partial charge is 0.325 e. The number of aliphatic carboxylic acids is 1. The molecule has 18 heavy (non-hydrogen) atoms. The molecule has 0 aromatic heterocycles. The summed E-state index contributed by atoms with van der Waals surface area (Å²) < 4.78 is 5.09. The molecule has 0 aliphatic carbocycles. The zero-order valence-corrected chi connectivity index (χ0v) is 10.6. The number of rotatable bonds is 3. The fourth-order valence-corrected chi connectivity index (χ4v) is 1.43. The number of esters is 1. The summed E-state index contributed by atoms with van der Waals surface area (Å²) in [5.74, 6) is -3.35. The van der Waals surface area contributed by atoms with E-state index in [4.69, 9.17) is 15.6 Å². The number of ether oxygens (including phenoxy) is 1. The van der Waals surface area contributed by atoms with Gasteiger partial charge in [-0.05, 0) is 38.5 Å². The highest BCUT2D eigenvalue weighted by atomic mass is 16.6. The summed E-state index contributed by atoms with van der Waals surface area (Å²) >= 11 is 0. The molecule has 5 nitrogen and oxygen atoms in total. The first kappa shape index (κ1) is 14.0. The second-order valence-electron chi connectivity index (χ2n) is 4.97. The van der Waals surface area contributed by atoms with Crippen molar-refractivity contribution >= 4 is 17.6 Å². The summed E-state index contributed by atoms with van der Waals surface area (Å²) in [4.78, 5) is 23.0. The lowest BCUT2D eigenvalue weighted by Crippen LogP contribution is -2.31. The predicted molar refractivity (Wildman–Crippen MR) is 67.1 cm³/mol. The number of carbonyl (C=O) groups excluding carboxylic acids is 1. The molecule has 1 rings (SSSR count). The molecule has 0 fully saturated rings. The highest BCUT2D eigenvalue weighted by Gasteiger charge is 2.32. The molecule has 0 radical (unpaired) electrons. The maximum Gasteiger partial charge on any atom is 0.325 e. The van der Waals surface area contributed by atoms with Crippen molar-refractivity contribution in [2.75, 3.05) is 5.73 Å². The number of nitrogens with two attached hydrogens (primary N) is 1. The summed E-state index contributed by atoms with van der Waals surface area (Å²) in [7, 11) is 0. The summed E-state index contributed by atoms with van der Waals surface area (Å²) in [6.07, 6.45) is 0. The Morgan fingerprint density at radius 1 is 1.22 bits per heavy atom. The van der Waals surface area contributed by atoms with Gasteiger partial charge in [0.2, 0.25) is 0 Å². The van der Waals surface area contributed by atoms with Crippen molar-refractivity contribution in [2.24, 2.45) is 0 Å². The van der Waals surface area contributed by atoms with Crippen molar-refractivity contribution in [1.82, 2.24) is 0 Å². The van der Waals surface area contributed by atoms with E-state index in [-0.39, 0.29) is 0 Å². The molecule has 98 valence electrons. The number of carboxylic acid groups (broad SMARTS) is 1. The van der Waals surface area contributed by atoms with E-state index in [0.717, 1.165) is 0 Å². The van der Waals surface area contributed by atoms with Gasteiger partial charge in [-0.15, -0.1) is 0 Å². The Kier molecular flexibility index (Phi) is 3.96. The minimum atomic E-state index is -1.33. The zero-order chi connectivity index (χ0) is 13.9. The van der Waals surface area contributed by atoms with E-state index in [2.05, 4.69) is 0 Å². The molecule has 0 bridgehead atoms. The fourth-order valence-electron chi connectivity index (χ4n) is 1.43. The van der Waals surface area contributed by atoms with Gasteiger partial charge in [0, 0.05) is 5.69 Å². The van der Waals surface area contributed by atoms with E-state index in [9.17, 15) is 9.59 Å². The highest BCUT2D eigenvalue weighted by Crippen LogP contribution is 2.22. The third kappa shape index (κ3) is 3.76. The van der Waals surface area contributed by atoms with Crippen molar-refractivity contribution in [2.45, 2.75) is 32.3 Å². The SMILES string of the molecule is CC(C)(C)OC(=O)[C@@H](C(=O)O)c1ccc(N)cc1. The second kappa shape index (κ2) is 5.08. The lowest BCUT2D eigenvalue weighted by Gasteiger charge is -2.22. The monoisotopic (exact) mass is 251 g/mol. The van der Waals surface area contributed by atoms with Gasteiger partial charge in [-0.3, -0.25) is 9.59 Å². The average Bonchev–Trinajstić information content (AvgIpc) is 2.18. The number of carbonyl (C=O) groups is 2. The van der Waals surface area contributed by atoms with Crippen LogP contribution in [0.5, 0.6) is 0 Å². The zero-order valence-electron chi connectivity index (χ0n) is 10.6. The van der Waals surface area contributed by atoms with Crippen LogP contribution < -0.4 is 5.73 Å². The van der Waals surface area contributed by atoms with Crippen LogP contribution in [0.1, 0.15) is 32.3 Å². The Bertz CT molecular complexity index is 445. The van der Waals surface area contributed by atoms with Crippen LogP contribution in [-0.4, -0.2) is 22.6 Å². The second-order valence-corrected chi connectivity index (χ2v) is 4.97. The molecule has 1 aromatic rings.